The monoisotopic (exact) mass is 306 g/mol. The Hall–Kier alpha value is -1.62. The zero-order valence-corrected chi connectivity index (χ0v) is 12.9. The fraction of sp³-hybridized carbons (Fsp3) is 0.312. The van der Waals surface area contributed by atoms with E-state index in [9.17, 15) is 10.2 Å². The van der Waals surface area contributed by atoms with E-state index < -0.39 is 0 Å². The highest BCUT2D eigenvalue weighted by atomic mass is 35.5. The molecule has 1 heterocycles. The summed E-state index contributed by atoms with van der Waals surface area (Å²) >= 11 is 6.18. The van der Waals surface area contributed by atoms with Gasteiger partial charge in [0.1, 0.15) is 5.75 Å². The summed E-state index contributed by atoms with van der Waals surface area (Å²) in [5.41, 5.74) is 2.84. The largest absolute Gasteiger partial charge is 0.506 e. The number of nitrogens with zero attached hydrogens (tertiary/aromatic N) is 1. The summed E-state index contributed by atoms with van der Waals surface area (Å²) in [6, 6.07) is 7.66. The van der Waals surface area contributed by atoms with Crippen LogP contribution in [0.2, 0.25) is 5.02 Å². The smallest absolute Gasteiger partial charge is 0.141 e. The molecule has 1 aromatic heterocycles. The van der Waals surface area contributed by atoms with Gasteiger partial charge in [0.25, 0.3) is 0 Å². The fourth-order valence-corrected chi connectivity index (χ4v) is 2.51. The molecule has 3 N–H and O–H groups in total. The lowest BCUT2D eigenvalue weighted by atomic mass is 10.1. The molecule has 0 spiro atoms. The number of aryl methyl sites for hydroxylation is 1. The van der Waals surface area contributed by atoms with Crippen LogP contribution < -0.4 is 5.32 Å². The van der Waals surface area contributed by atoms with Gasteiger partial charge in [0.15, 0.2) is 0 Å². The van der Waals surface area contributed by atoms with E-state index >= 15 is 0 Å². The zero-order chi connectivity index (χ0) is 15.4. The summed E-state index contributed by atoms with van der Waals surface area (Å²) in [4.78, 5) is 4.05. The Morgan fingerprint density at radius 2 is 2.05 bits per heavy atom. The predicted octanol–water partition coefficient (Wildman–Crippen LogP) is 3.09. The molecule has 0 unspecified atom stereocenters. The minimum atomic E-state index is -0.154. The molecular weight excluding hydrogens is 288 g/mol. The van der Waals surface area contributed by atoms with Crippen LogP contribution in [0.5, 0.6) is 5.75 Å². The van der Waals surface area contributed by atoms with Crippen molar-refractivity contribution in [2.75, 3.05) is 0 Å². The first-order chi connectivity index (χ1) is 10.0. The van der Waals surface area contributed by atoms with Crippen molar-refractivity contribution in [3.8, 4) is 5.75 Å². The van der Waals surface area contributed by atoms with Gasteiger partial charge < -0.3 is 15.5 Å². The number of aromatic nitrogens is 1. The number of hydrogen-bond donors (Lipinski definition) is 3. The van der Waals surface area contributed by atoms with Gasteiger partial charge in [0.2, 0.25) is 0 Å². The molecule has 4 nitrogen and oxygen atoms in total. The minimum absolute atomic E-state index is 0.0260. The van der Waals surface area contributed by atoms with E-state index in [2.05, 4.69) is 10.3 Å². The first kappa shape index (κ1) is 15.8. The first-order valence-corrected chi connectivity index (χ1v) is 7.17. The van der Waals surface area contributed by atoms with Crippen LogP contribution in [0, 0.1) is 6.92 Å². The second-order valence-corrected chi connectivity index (χ2v) is 5.39. The third-order valence-electron chi connectivity index (χ3n) is 3.56. The van der Waals surface area contributed by atoms with Crippen LogP contribution in [0.4, 0.5) is 0 Å². The highest BCUT2D eigenvalue weighted by molar-refractivity contribution is 6.31. The van der Waals surface area contributed by atoms with E-state index in [0.29, 0.717) is 28.4 Å². The Morgan fingerprint density at radius 3 is 2.71 bits per heavy atom. The van der Waals surface area contributed by atoms with Crippen LogP contribution in [-0.2, 0) is 13.2 Å². The normalized spacial score (nSPS) is 12.4. The Morgan fingerprint density at radius 1 is 1.33 bits per heavy atom. The standard InChI is InChI=1S/C16H19ClN2O2/c1-10(13-5-3-4-6-15(13)17)19-8-14-12(9-20)7-18-11(2)16(14)21/h3-7,10,19-21H,8-9H2,1-2H3/t10-/m1/s1. The van der Waals surface area contributed by atoms with Gasteiger partial charge in [-0.2, -0.15) is 0 Å². The molecule has 0 saturated heterocycles. The van der Waals surface area contributed by atoms with Crippen molar-refractivity contribution in [2.45, 2.75) is 33.0 Å². The van der Waals surface area contributed by atoms with Crippen molar-refractivity contribution in [1.82, 2.24) is 10.3 Å². The van der Waals surface area contributed by atoms with Crippen LogP contribution >= 0.6 is 11.6 Å². The quantitative estimate of drug-likeness (QED) is 0.794. The highest BCUT2D eigenvalue weighted by Gasteiger charge is 2.14. The molecule has 0 fully saturated rings. The van der Waals surface area contributed by atoms with Gasteiger partial charge in [-0.3, -0.25) is 4.98 Å². The highest BCUT2D eigenvalue weighted by Crippen LogP contribution is 2.26. The third-order valence-corrected chi connectivity index (χ3v) is 3.90. The fourth-order valence-electron chi connectivity index (χ4n) is 2.21. The Labute approximate surface area is 129 Å². The maximum atomic E-state index is 10.1. The molecule has 0 bridgehead atoms. The summed E-state index contributed by atoms with van der Waals surface area (Å²) in [6.07, 6.45) is 1.59. The van der Waals surface area contributed by atoms with Crippen LogP contribution in [0.3, 0.4) is 0 Å². The van der Waals surface area contributed by atoms with E-state index in [1.165, 1.54) is 0 Å². The number of halogens is 1. The van der Waals surface area contributed by atoms with E-state index in [4.69, 9.17) is 11.6 Å². The van der Waals surface area contributed by atoms with Crippen molar-refractivity contribution in [3.63, 3.8) is 0 Å². The molecule has 1 aromatic carbocycles. The van der Waals surface area contributed by atoms with Crippen LogP contribution in [0.15, 0.2) is 30.5 Å². The second kappa shape index (κ2) is 6.89. The average molecular weight is 307 g/mol. The first-order valence-electron chi connectivity index (χ1n) is 6.79. The molecule has 2 rings (SSSR count). The molecule has 0 saturated carbocycles. The van der Waals surface area contributed by atoms with Gasteiger partial charge >= 0.3 is 0 Å². The average Bonchev–Trinajstić information content (AvgIpc) is 2.49. The second-order valence-electron chi connectivity index (χ2n) is 4.98. The van der Waals surface area contributed by atoms with E-state index in [-0.39, 0.29) is 18.4 Å². The van der Waals surface area contributed by atoms with Gasteiger partial charge in [-0.05, 0) is 25.5 Å². The maximum absolute atomic E-state index is 10.1. The summed E-state index contributed by atoms with van der Waals surface area (Å²) in [5.74, 6) is 0.125. The van der Waals surface area contributed by atoms with Crippen molar-refractivity contribution >= 4 is 11.6 Å². The molecule has 21 heavy (non-hydrogen) atoms. The van der Waals surface area contributed by atoms with Gasteiger partial charge in [0, 0.05) is 34.9 Å². The molecular formula is C16H19ClN2O2. The number of rotatable bonds is 5. The van der Waals surface area contributed by atoms with Crippen molar-refractivity contribution < 1.29 is 10.2 Å². The van der Waals surface area contributed by atoms with Crippen molar-refractivity contribution in [2.24, 2.45) is 0 Å². The van der Waals surface area contributed by atoms with E-state index in [1.54, 1.807) is 13.1 Å². The van der Waals surface area contributed by atoms with Gasteiger partial charge in [-0.25, -0.2) is 0 Å². The topological polar surface area (TPSA) is 65.4 Å². The number of hydrogen-bond acceptors (Lipinski definition) is 4. The molecule has 0 amide bonds. The van der Waals surface area contributed by atoms with Crippen LogP contribution in [-0.4, -0.2) is 15.2 Å². The number of pyridine rings is 1. The lowest BCUT2D eigenvalue weighted by molar-refractivity contribution is 0.278. The molecule has 2 aromatic rings. The summed E-state index contributed by atoms with van der Waals surface area (Å²) in [6.45, 7) is 4.01. The summed E-state index contributed by atoms with van der Waals surface area (Å²) in [5, 5.41) is 23.5. The molecule has 0 aliphatic heterocycles. The number of aliphatic hydroxyl groups is 1. The van der Waals surface area contributed by atoms with Gasteiger partial charge in [-0.15, -0.1) is 0 Å². The summed E-state index contributed by atoms with van der Waals surface area (Å²) < 4.78 is 0. The van der Waals surface area contributed by atoms with Crippen LogP contribution in [0.25, 0.3) is 0 Å². The van der Waals surface area contributed by atoms with Crippen molar-refractivity contribution in [3.05, 3.63) is 57.9 Å². The van der Waals surface area contributed by atoms with Gasteiger partial charge in [-0.1, -0.05) is 29.8 Å². The molecule has 0 radical (unpaired) electrons. The molecule has 112 valence electrons. The number of aromatic hydroxyl groups is 1. The zero-order valence-electron chi connectivity index (χ0n) is 12.1. The van der Waals surface area contributed by atoms with E-state index in [1.807, 2.05) is 31.2 Å². The maximum Gasteiger partial charge on any atom is 0.141 e. The van der Waals surface area contributed by atoms with E-state index in [0.717, 1.165) is 5.56 Å². The van der Waals surface area contributed by atoms with Crippen molar-refractivity contribution in [1.29, 1.82) is 0 Å². The third kappa shape index (κ3) is 3.53. The lowest BCUT2D eigenvalue weighted by Crippen LogP contribution is -2.19. The van der Waals surface area contributed by atoms with Gasteiger partial charge in [0.05, 0.1) is 12.3 Å². The molecule has 0 aliphatic carbocycles. The molecule has 1 atom stereocenters. The lowest BCUT2D eigenvalue weighted by Gasteiger charge is -2.18. The predicted molar refractivity (Wildman–Crippen MR) is 83.3 cm³/mol. The Kier molecular flexibility index (Phi) is 5.17. The number of benzene rings is 1. The Balaban J connectivity index is 2.17. The molecule has 5 heteroatoms. The minimum Gasteiger partial charge on any atom is -0.506 e. The number of nitrogens with one attached hydrogen (secondary N) is 1. The van der Waals surface area contributed by atoms with Crippen LogP contribution in [0.1, 0.15) is 35.3 Å². The summed E-state index contributed by atoms with van der Waals surface area (Å²) in [7, 11) is 0. The number of aliphatic hydroxyl groups excluding tert-OH is 1. The molecule has 0 aliphatic rings. The SMILES string of the molecule is Cc1ncc(CO)c(CN[C@H](C)c2ccccc2Cl)c1O. The Bertz CT molecular complexity index is 632.